The van der Waals surface area contributed by atoms with E-state index in [0.29, 0.717) is 12.1 Å². The Balaban J connectivity index is 1.65. The highest BCUT2D eigenvalue weighted by atomic mass is 16.3. The molecule has 0 saturated carbocycles. The summed E-state index contributed by atoms with van der Waals surface area (Å²) in [6.07, 6.45) is 2.14. The van der Waals surface area contributed by atoms with Gasteiger partial charge in [0.1, 0.15) is 0 Å². The minimum absolute atomic E-state index is 0.189. The summed E-state index contributed by atoms with van der Waals surface area (Å²) in [4.78, 5) is 7.12. The molecular formula is C24H26N4O. The SMILES string of the molecule is Cc1cc(N2CCCC2CO)c2cc(C)c(CNc3ccc(C#N)cc3)cc2n1. The van der Waals surface area contributed by atoms with Crippen LogP contribution in [0, 0.1) is 25.2 Å². The molecule has 1 aliphatic rings. The van der Waals surface area contributed by atoms with Gasteiger partial charge in [-0.15, -0.1) is 0 Å². The molecule has 1 aromatic heterocycles. The number of aromatic nitrogens is 1. The quantitative estimate of drug-likeness (QED) is 0.684. The lowest BCUT2D eigenvalue weighted by Gasteiger charge is -2.27. The van der Waals surface area contributed by atoms with E-state index in [1.807, 2.05) is 31.2 Å². The van der Waals surface area contributed by atoms with Gasteiger partial charge < -0.3 is 15.3 Å². The van der Waals surface area contributed by atoms with Crippen molar-refractivity contribution in [1.29, 1.82) is 5.26 Å². The molecule has 3 aromatic rings. The molecule has 0 amide bonds. The Morgan fingerprint density at radius 2 is 2.00 bits per heavy atom. The second-order valence-electron chi connectivity index (χ2n) is 7.79. The van der Waals surface area contributed by atoms with Crippen molar-refractivity contribution in [2.24, 2.45) is 0 Å². The molecule has 2 aromatic carbocycles. The first kappa shape index (κ1) is 19.2. The maximum atomic E-state index is 9.77. The first-order valence-corrected chi connectivity index (χ1v) is 10.1. The monoisotopic (exact) mass is 386 g/mol. The zero-order chi connectivity index (χ0) is 20.4. The minimum Gasteiger partial charge on any atom is -0.394 e. The molecule has 1 unspecified atom stereocenters. The molecule has 2 N–H and O–H groups in total. The normalized spacial score (nSPS) is 16.2. The smallest absolute Gasteiger partial charge is 0.0991 e. The van der Waals surface area contributed by atoms with Gasteiger partial charge in [0.2, 0.25) is 0 Å². The number of aliphatic hydroxyl groups excluding tert-OH is 1. The fraction of sp³-hybridized carbons (Fsp3) is 0.333. The predicted octanol–water partition coefficient (Wildman–Crippen LogP) is 4.30. The zero-order valence-electron chi connectivity index (χ0n) is 16.9. The standard InChI is InChI=1S/C24H26N4O/c1-16-10-22-23(12-19(16)14-26-20-7-5-18(13-25)6-8-20)27-17(2)11-24(22)28-9-3-4-21(28)15-29/h5-8,10-12,21,26,29H,3-4,9,14-15H2,1-2H3. The highest BCUT2D eigenvalue weighted by Crippen LogP contribution is 2.34. The van der Waals surface area contributed by atoms with E-state index in [1.165, 1.54) is 16.8 Å². The minimum atomic E-state index is 0.189. The largest absolute Gasteiger partial charge is 0.394 e. The van der Waals surface area contributed by atoms with Gasteiger partial charge in [-0.2, -0.15) is 5.26 Å². The predicted molar refractivity (Wildman–Crippen MR) is 117 cm³/mol. The highest BCUT2D eigenvalue weighted by molar-refractivity contribution is 5.93. The van der Waals surface area contributed by atoms with E-state index >= 15 is 0 Å². The van der Waals surface area contributed by atoms with Crippen LogP contribution >= 0.6 is 0 Å². The first-order chi connectivity index (χ1) is 14.1. The number of benzene rings is 2. The van der Waals surface area contributed by atoms with Crippen molar-refractivity contribution in [2.75, 3.05) is 23.4 Å². The lowest BCUT2D eigenvalue weighted by Crippen LogP contribution is -2.32. The molecular weight excluding hydrogens is 360 g/mol. The highest BCUT2D eigenvalue weighted by Gasteiger charge is 2.26. The number of hydrogen-bond acceptors (Lipinski definition) is 5. The number of nitrogens with zero attached hydrogens (tertiary/aromatic N) is 3. The van der Waals surface area contributed by atoms with Gasteiger partial charge in [0.05, 0.1) is 29.8 Å². The van der Waals surface area contributed by atoms with Crippen LogP contribution in [0.25, 0.3) is 10.9 Å². The van der Waals surface area contributed by atoms with Crippen molar-refractivity contribution in [3.63, 3.8) is 0 Å². The summed E-state index contributed by atoms with van der Waals surface area (Å²) in [6, 6.07) is 16.4. The molecule has 1 aliphatic heterocycles. The van der Waals surface area contributed by atoms with E-state index in [0.717, 1.165) is 41.7 Å². The Bertz CT molecular complexity index is 1070. The summed E-state index contributed by atoms with van der Waals surface area (Å²) >= 11 is 0. The number of aryl methyl sites for hydroxylation is 2. The molecule has 5 nitrogen and oxygen atoms in total. The van der Waals surface area contributed by atoms with Crippen LogP contribution in [0.1, 0.15) is 35.2 Å². The second kappa shape index (κ2) is 8.10. The molecule has 5 heteroatoms. The number of rotatable bonds is 5. The lowest BCUT2D eigenvalue weighted by molar-refractivity contribution is 0.266. The van der Waals surface area contributed by atoms with Crippen LogP contribution in [0.2, 0.25) is 0 Å². The average Bonchev–Trinajstić information content (AvgIpc) is 3.21. The summed E-state index contributed by atoms with van der Waals surface area (Å²) < 4.78 is 0. The molecule has 0 aliphatic carbocycles. The van der Waals surface area contributed by atoms with Crippen LogP contribution in [0.5, 0.6) is 0 Å². The Labute approximate surface area is 171 Å². The molecule has 1 atom stereocenters. The van der Waals surface area contributed by atoms with Gasteiger partial charge in [0.25, 0.3) is 0 Å². The summed E-state index contributed by atoms with van der Waals surface area (Å²) in [5.74, 6) is 0. The van der Waals surface area contributed by atoms with Crippen LogP contribution in [-0.4, -0.2) is 29.3 Å². The first-order valence-electron chi connectivity index (χ1n) is 10.1. The molecule has 1 saturated heterocycles. The van der Waals surface area contributed by atoms with Gasteiger partial charge in [-0.1, -0.05) is 0 Å². The summed E-state index contributed by atoms with van der Waals surface area (Å²) in [7, 11) is 0. The van der Waals surface area contributed by atoms with E-state index in [9.17, 15) is 5.11 Å². The Morgan fingerprint density at radius 3 is 2.72 bits per heavy atom. The Kier molecular flexibility index (Phi) is 5.37. The van der Waals surface area contributed by atoms with Crippen LogP contribution < -0.4 is 10.2 Å². The number of pyridine rings is 1. The molecule has 0 bridgehead atoms. The molecule has 0 spiro atoms. The van der Waals surface area contributed by atoms with Gasteiger partial charge in [0, 0.05) is 35.5 Å². The van der Waals surface area contributed by atoms with E-state index in [1.54, 1.807) is 0 Å². The molecule has 148 valence electrons. The Morgan fingerprint density at radius 1 is 1.21 bits per heavy atom. The third kappa shape index (κ3) is 3.90. The van der Waals surface area contributed by atoms with Crippen LogP contribution in [0.4, 0.5) is 11.4 Å². The third-order valence-corrected chi connectivity index (χ3v) is 5.77. The topological polar surface area (TPSA) is 72.2 Å². The summed E-state index contributed by atoms with van der Waals surface area (Å²) in [6.45, 7) is 6.02. The van der Waals surface area contributed by atoms with Crippen LogP contribution in [-0.2, 0) is 6.54 Å². The number of nitrogens with one attached hydrogen (secondary N) is 1. The number of anilines is 2. The molecule has 2 heterocycles. The van der Waals surface area contributed by atoms with Crippen molar-refractivity contribution in [2.45, 2.75) is 39.3 Å². The maximum Gasteiger partial charge on any atom is 0.0991 e. The van der Waals surface area contributed by atoms with Crippen LogP contribution in [0.15, 0.2) is 42.5 Å². The van der Waals surface area contributed by atoms with Gasteiger partial charge in [-0.25, -0.2) is 0 Å². The van der Waals surface area contributed by atoms with Crippen molar-refractivity contribution in [3.05, 3.63) is 64.8 Å². The number of fused-ring (bicyclic) bond motifs is 1. The fourth-order valence-corrected chi connectivity index (χ4v) is 4.17. The van der Waals surface area contributed by atoms with Gasteiger partial charge in [-0.3, -0.25) is 4.98 Å². The van der Waals surface area contributed by atoms with Gasteiger partial charge in [0.15, 0.2) is 0 Å². The van der Waals surface area contributed by atoms with E-state index < -0.39 is 0 Å². The number of hydrogen-bond donors (Lipinski definition) is 2. The average molecular weight is 386 g/mol. The van der Waals surface area contributed by atoms with Gasteiger partial charge >= 0.3 is 0 Å². The van der Waals surface area contributed by atoms with Crippen molar-refractivity contribution in [3.8, 4) is 6.07 Å². The molecule has 29 heavy (non-hydrogen) atoms. The fourth-order valence-electron chi connectivity index (χ4n) is 4.17. The van der Waals surface area contributed by atoms with Crippen LogP contribution in [0.3, 0.4) is 0 Å². The molecule has 0 radical (unpaired) electrons. The number of aliphatic hydroxyl groups is 1. The third-order valence-electron chi connectivity index (χ3n) is 5.77. The molecule has 4 rings (SSSR count). The second-order valence-corrected chi connectivity index (χ2v) is 7.79. The summed E-state index contributed by atoms with van der Waals surface area (Å²) in [5.41, 5.74) is 7.23. The van der Waals surface area contributed by atoms with Crippen molar-refractivity contribution >= 4 is 22.3 Å². The van der Waals surface area contributed by atoms with E-state index in [-0.39, 0.29) is 12.6 Å². The zero-order valence-corrected chi connectivity index (χ0v) is 16.9. The maximum absolute atomic E-state index is 9.77. The number of nitriles is 1. The van der Waals surface area contributed by atoms with Gasteiger partial charge in [-0.05, 0) is 80.3 Å². The Hall–Kier alpha value is -3.10. The van der Waals surface area contributed by atoms with E-state index in [4.69, 9.17) is 10.2 Å². The van der Waals surface area contributed by atoms with Crippen molar-refractivity contribution in [1.82, 2.24) is 4.98 Å². The molecule has 1 fully saturated rings. The van der Waals surface area contributed by atoms with Crippen molar-refractivity contribution < 1.29 is 5.11 Å². The lowest BCUT2D eigenvalue weighted by atomic mass is 10.0. The van der Waals surface area contributed by atoms with E-state index in [2.05, 4.69) is 41.4 Å². The summed E-state index contributed by atoms with van der Waals surface area (Å²) in [5, 5.41) is 23.3.